The minimum Gasteiger partial charge on any atom is -0.462 e. The largest absolute Gasteiger partial charge is 0.462 e. The van der Waals surface area contributed by atoms with Gasteiger partial charge in [0.1, 0.15) is 0 Å². The van der Waals surface area contributed by atoms with E-state index in [9.17, 15) is 14.4 Å². The fraction of sp³-hybridized carbons (Fsp3) is 0.320. The molecule has 3 aromatic rings. The van der Waals surface area contributed by atoms with Crippen LogP contribution in [0.2, 0.25) is 0 Å². The molecule has 0 fully saturated rings. The van der Waals surface area contributed by atoms with Gasteiger partial charge in [0.25, 0.3) is 5.56 Å². The Morgan fingerprint density at radius 3 is 2.39 bits per heavy atom. The summed E-state index contributed by atoms with van der Waals surface area (Å²) in [4.78, 5) is 40.0. The Labute approximate surface area is 180 Å². The van der Waals surface area contributed by atoms with Gasteiger partial charge in [-0.25, -0.2) is 4.79 Å². The molecule has 31 heavy (non-hydrogen) atoms. The van der Waals surface area contributed by atoms with Crippen LogP contribution in [0.25, 0.3) is 21.9 Å². The van der Waals surface area contributed by atoms with Crippen LogP contribution in [0.4, 0.5) is 5.69 Å². The number of benzene rings is 2. The molecule has 0 spiro atoms. The molecule has 160 valence electrons. The molecule has 0 saturated carbocycles. The Morgan fingerprint density at radius 1 is 1.03 bits per heavy atom. The van der Waals surface area contributed by atoms with Crippen LogP contribution in [0.1, 0.15) is 66.4 Å². The van der Waals surface area contributed by atoms with Gasteiger partial charge in [0.05, 0.1) is 23.2 Å². The highest BCUT2D eigenvalue weighted by molar-refractivity contribution is 6.28. The van der Waals surface area contributed by atoms with Crippen LogP contribution < -0.4 is 10.9 Å². The zero-order valence-electron chi connectivity index (χ0n) is 18.2. The second-order valence-electron chi connectivity index (χ2n) is 7.97. The average molecular weight is 418 g/mol. The first-order valence-electron chi connectivity index (χ1n) is 10.7. The Morgan fingerprint density at radius 2 is 1.74 bits per heavy atom. The molecule has 6 heteroatoms. The molecular weight excluding hydrogens is 392 g/mol. The predicted molar refractivity (Wildman–Crippen MR) is 122 cm³/mol. The van der Waals surface area contributed by atoms with Gasteiger partial charge in [-0.05, 0) is 44.4 Å². The standard InChI is InChI=1S/C25H26N2O4/c1-5-11-26-19-12-17-15-9-7-8-10-16(15)23(28)18-13-27(14(3)4)24(29)22(20(17)18)21(19)25(30)31-6-2/h7-10,12-14,26H,5-6,11H2,1-4H3. The van der Waals surface area contributed by atoms with Crippen molar-refractivity contribution in [2.75, 3.05) is 18.5 Å². The molecule has 0 radical (unpaired) electrons. The van der Waals surface area contributed by atoms with E-state index in [0.29, 0.717) is 28.7 Å². The number of carbonyl (C=O) groups is 2. The van der Waals surface area contributed by atoms with E-state index in [1.165, 1.54) is 4.57 Å². The lowest BCUT2D eigenvalue weighted by Crippen LogP contribution is -2.28. The van der Waals surface area contributed by atoms with Gasteiger partial charge in [-0.2, -0.15) is 0 Å². The monoisotopic (exact) mass is 418 g/mol. The van der Waals surface area contributed by atoms with Crippen molar-refractivity contribution in [1.29, 1.82) is 0 Å². The zero-order chi connectivity index (χ0) is 22.3. The molecule has 2 aromatic carbocycles. The second-order valence-corrected chi connectivity index (χ2v) is 7.97. The number of ketones is 1. The fourth-order valence-electron chi connectivity index (χ4n) is 4.21. The summed E-state index contributed by atoms with van der Waals surface area (Å²) in [5.41, 5.74) is 3.02. The number of nitrogens with one attached hydrogen (secondary N) is 1. The molecule has 1 heterocycles. The lowest BCUT2D eigenvalue weighted by Gasteiger charge is -2.25. The molecule has 1 aromatic heterocycles. The first kappa shape index (κ1) is 20.8. The van der Waals surface area contributed by atoms with Crippen LogP contribution in [0, 0.1) is 0 Å². The van der Waals surface area contributed by atoms with E-state index in [1.807, 2.05) is 45.0 Å². The molecule has 1 N–H and O–H groups in total. The highest BCUT2D eigenvalue weighted by atomic mass is 16.5. The normalized spacial score (nSPS) is 12.2. The molecule has 1 aliphatic carbocycles. The number of fused-ring (bicyclic) bond motifs is 2. The van der Waals surface area contributed by atoms with Gasteiger partial charge < -0.3 is 14.6 Å². The van der Waals surface area contributed by atoms with Crippen LogP contribution in [0.15, 0.2) is 41.3 Å². The van der Waals surface area contributed by atoms with Crippen molar-refractivity contribution in [3.63, 3.8) is 0 Å². The quantitative estimate of drug-likeness (QED) is 0.456. The van der Waals surface area contributed by atoms with E-state index in [2.05, 4.69) is 5.32 Å². The summed E-state index contributed by atoms with van der Waals surface area (Å²) in [6.45, 7) is 8.34. The van der Waals surface area contributed by atoms with E-state index in [1.54, 1.807) is 19.2 Å². The van der Waals surface area contributed by atoms with Crippen LogP contribution in [-0.2, 0) is 4.74 Å². The molecule has 4 rings (SSSR count). The number of hydrogen-bond donors (Lipinski definition) is 1. The van der Waals surface area contributed by atoms with E-state index in [0.717, 1.165) is 17.5 Å². The van der Waals surface area contributed by atoms with E-state index in [4.69, 9.17) is 4.74 Å². The summed E-state index contributed by atoms with van der Waals surface area (Å²) >= 11 is 0. The molecule has 0 bridgehead atoms. The lowest BCUT2D eigenvalue weighted by atomic mass is 9.82. The van der Waals surface area contributed by atoms with Gasteiger partial charge in [0, 0.05) is 35.3 Å². The number of anilines is 1. The first-order chi connectivity index (χ1) is 14.9. The van der Waals surface area contributed by atoms with Crippen LogP contribution in [0.5, 0.6) is 0 Å². The van der Waals surface area contributed by atoms with Crippen molar-refractivity contribution in [2.24, 2.45) is 0 Å². The molecule has 0 amide bonds. The van der Waals surface area contributed by atoms with E-state index >= 15 is 0 Å². The van der Waals surface area contributed by atoms with Gasteiger partial charge in [-0.1, -0.05) is 31.2 Å². The van der Waals surface area contributed by atoms with Gasteiger partial charge in [0.15, 0.2) is 5.78 Å². The third-order valence-corrected chi connectivity index (χ3v) is 5.62. The number of aromatic nitrogens is 1. The maximum Gasteiger partial charge on any atom is 0.341 e. The number of carbonyl (C=O) groups excluding carboxylic acids is 2. The summed E-state index contributed by atoms with van der Waals surface area (Å²) in [6.07, 6.45) is 2.48. The van der Waals surface area contributed by atoms with Gasteiger partial charge in [0.2, 0.25) is 0 Å². The Bertz CT molecular complexity index is 1270. The van der Waals surface area contributed by atoms with Crippen molar-refractivity contribution in [1.82, 2.24) is 4.57 Å². The van der Waals surface area contributed by atoms with Gasteiger partial charge >= 0.3 is 5.97 Å². The number of nitrogens with zero attached hydrogens (tertiary/aromatic N) is 1. The topological polar surface area (TPSA) is 77.4 Å². The zero-order valence-corrected chi connectivity index (χ0v) is 18.2. The summed E-state index contributed by atoms with van der Waals surface area (Å²) in [5.74, 6) is -0.713. The average Bonchev–Trinajstić information content (AvgIpc) is 2.76. The fourth-order valence-corrected chi connectivity index (χ4v) is 4.21. The number of hydrogen-bond acceptors (Lipinski definition) is 5. The number of pyridine rings is 1. The molecule has 0 unspecified atom stereocenters. The Hall–Kier alpha value is -3.41. The molecule has 0 atom stereocenters. The van der Waals surface area contributed by atoms with Crippen molar-refractivity contribution in [2.45, 2.75) is 40.2 Å². The SMILES string of the molecule is CCCNc1cc2c3c(cn(C(C)C)c(=O)c3c1C(=O)OCC)C(=O)c1ccccc1-2. The summed E-state index contributed by atoms with van der Waals surface area (Å²) in [7, 11) is 0. The Kier molecular flexibility index (Phi) is 5.39. The van der Waals surface area contributed by atoms with Gasteiger partial charge in [-0.3, -0.25) is 9.59 Å². The second kappa shape index (κ2) is 8.02. The number of rotatable bonds is 6. The van der Waals surface area contributed by atoms with E-state index < -0.39 is 5.97 Å². The summed E-state index contributed by atoms with van der Waals surface area (Å²) in [6, 6.07) is 9.08. The minimum atomic E-state index is -0.566. The molecule has 1 aliphatic rings. The van der Waals surface area contributed by atoms with Crippen molar-refractivity contribution >= 4 is 28.2 Å². The maximum atomic E-state index is 13.6. The summed E-state index contributed by atoms with van der Waals surface area (Å²) in [5, 5.41) is 4.06. The van der Waals surface area contributed by atoms with Crippen molar-refractivity contribution < 1.29 is 14.3 Å². The van der Waals surface area contributed by atoms with Crippen molar-refractivity contribution in [3.05, 3.63) is 63.6 Å². The third kappa shape index (κ3) is 3.23. The Balaban J connectivity index is 2.23. The smallest absolute Gasteiger partial charge is 0.341 e. The molecule has 6 nitrogen and oxygen atoms in total. The first-order valence-corrected chi connectivity index (χ1v) is 10.7. The highest BCUT2D eigenvalue weighted by Crippen LogP contribution is 2.42. The number of esters is 1. The maximum absolute atomic E-state index is 13.6. The molecule has 0 aliphatic heterocycles. The van der Waals surface area contributed by atoms with Gasteiger partial charge in [-0.15, -0.1) is 0 Å². The highest BCUT2D eigenvalue weighted by Gasteiger charge is 2.32. The van der Waals surface area contributed by atoms with Crippen LogP contribution in [0.3, 0.4) is 0 Å². The summed E-state index contributed by atoms with van der Waals surface area (Å²) < 4.78 is 6.86. The molecular formula is C25H26N2O4. The lowest BCUT2D eigenvalue weighted by molar-refractivity contribution is 0.0529. The van der Waals surface area contributed by atoms with E-state index in [-0.39, 0.29) is 34.9 Å². The van der Waals surface area contributed by atoms with Crippen LogP contribution in [-0.4, -0.2) is 29.5 Å². The molecule has 0 saturated heterocycles. The van der Waals surface area contributed by atoms with Crippen LogP contribution >= 0.6 is 0 Å². The third-order valence-electron chi connectivity index (χ3n) is 5.62. The predicted octanol–water partition coefficient (Wildman–Crippen LogP) is 4.79. The van der Waals surface area contributed by atoms with Crippen molar-refractivity contribution in [3.8, 4) is 11.1 Å². The number of ether oxygens (including phenoxy) is 1. The minimum absolute atomic E-state index is 0.147.